The van der Waals surface area contributed by atoms with Crippen molar-refractivity contribution in [2.45, 2.75) is 64.4 Å². The number of aryl methyl sites for hydroxylation is 3. The van der Waals surface area contributed by atoms with Gasteiger partial charge in [0.05, 0.1) is 45.0 Å². The topological polar surface area (TPSA) is 403 Å². The SMILES string of the molecule is Cc1ccc(Nc2ccnc(-c3c(C(F)(F)F)nc4cnccn34)n2)cc1.Cc1nc2cc(F)c(F)cc2n1-c1nc(N)cc(Nc2ccc(C(F)(F)F)cc2)n1.Cc1nc2ccccc2n1-c1nc(N)cc(Nc2ccc(C(F)(F)F)cc2)n1.Nc1cc(Nc2ccc(C(F)(F)F)cc2)nc(-c2c(C(F)(F)F)nc3ccccn23)n1.Nc1cc(Nc2ccc(OC(F)F)cc2)nc(-c2c(C(F)(F)F)nc3ccccn23)n1. The van der Waals surface area contributed by atoms with Crippen LogP contribution in [0, 0.1) is 32.4 Å². The predicted octanol–water partition coefficient (Wildman–Crippen LogP) is 23.4. The number of halogens is 22. The third-order valence-electron chi connectivity index (χ3n) is 20.7. The highest BCUT2D eigenvalue weighted by Gasteiger charge is 2.43. The fraction of sp³-hybridized carbons (Fsp3) is 0.106. The van der Waals surface area contributed by atoms with Gasteiger partial charge < -0.3 is 54.3 Å². The molecule has 752 valence electrons. The molecule has 20 aromatic rings. The van der Waals surface area contributed by atoms with E-state index >= 15 is 0 Å². The van der Waals surface area contributed by atoms with Gasteiger partial charge >= 0.3 is 43.7 Å². The first-order chi connectivity index (χ1) is 69.6. The van der Waals surface area contributed by atoms with E-state index in [2.05, 4.69) is 111 Å². The monoisotopic (exact) mass is 2050 g/mol. The molecule has 0 bridgehead atoms. The molecule has 13 aromatic heterocycles. The molecule has 0 aliphatic carbocycles. The average molecular weight is 2050 g/mol. The Bertz CT molecular complexity index is 8180. The van der Waals surface area contributed by atoms with Crippen LogP contribution in [-0.2, 0) is 37.1 Å². The van der Waals surface area contributed by atoms with Crippen molar-refractivity contribution < 1.29 is 101 Å². The van der Waals surface area contributed by atoms with Crippen molar-refractivity contribution >= 4 is 120 Å². The van der Waals surface area contributed by atoms with Gasteiger partial charge in [-0.1, -0.05) is 42.0 Å². The molecule has 0 aliphatic rings. The minimum atomic E-state index is -4.78. The van der Waals surface area contributed by atoms with Gasteiger partial charge in [0, 0.05) is 95.8 Å². The molecular formula is C94H66F22N30O. The third-order valence-corrected chi connectivity index (χ3v) is 20.7. The first kappa shape index (κ1) is 101. The normalized spacial score (nSPS) is 11.9. The number of nitrogens with two attached hydrogens (primary N) is 4. The number of hydrogen-bond acceptors (Lipinski definition) is 26. The molecule has 0 radical (unpaired) electrons. The van der Waals surface area contributed by atoms with E-state index in [1.807, 2.05) is 62.4 Å². The van der Waals surface area contributed by atoms with E-state index in [1.165, 1.54) is 152 Å². The highest BCUT2D eigenvalue weighted by molar-refractivity contribution is 5.80. The lowest BCUT2D eigenvalue weighted by molar-refractivity contribution is -0.141. The van der Waals surface area contributed by atoms with Crippen molar-refractivity contribution in [2.24, 2.45) is 0 Å². The van der Waals surface area contributed by atoms with E-state index in [0.717, 1.165) is 82.9 Å². The van der Waals surface area contributed by atoms with E-state index < -0.39 is 94.8 Å². The van der Waals surface area contributed by atoms with Gasteiger partial charge in [0.15, 0.2) is 51.8 Å². The van der Waals surface area contributed by atoms with Crippen LogP contribution in [0.5, 0.6) is 5.75 Å². The summed E-state index contributed by atoms with van der Waals surface area (Å²) in [6.45, 7) is 2.43. The number of pyridine rings is 2. The van der Waals surface area contributed by atoms with Crippen LogP contribution >= 0.6 is 0 Å². The number of imidazole rings is 5. The second-order valence-corrected chi connectivity index (χ2v) is 31.2. The van der Waals surface area contributed by atoms with E-state index in [4.69, 9.17) is 22.9 Å². The van der Waals surface area contributed by atoms with Crippen molar-refractivity contribution in [1.29, 1.82) is 0 Å². The summed E-state index contributed by atoms with van der Waals surface area (Å²) in [5, 5.41) is 14.4. The molecule has 53 heteroatoms. The minimum absolute atomic E-state index is 0.00117. The van der Waals surface area contributed by atoms with Gasteiger partial charge in [0.1, 0.15) is 98.1 Å². The zero-order valence-electron chi connectivity index (χ0n) is 74.8. The maximum Gasteiger partial charge on any atom is 0.435 e. The predicted molar refractivity (Wildman–Crippen MR) is 497 cm³/mol. The van der Waals surface area contributed by atoms with Gasteiger partial charge in [-0.2, -0.15) is 108 Å². The van der Waals surface area contributed by atoms with Gasteiger partial charge in [-0.15, -0.1) is 0 Å². The van der Waals surface area contributed by atoms with Crippen LogP contribution in [0.1, 0.15) is 51.0 Å². The van der Waals surface area contributed by atoms with Gasteiger partial charge in [-0.25, -0.2) is 63.6 Å². The highest BCUT2D eigenvalue weighted by atomic mass is 19.4. The number of hydrogen-bond donors (Lipinski definition) is 9. The Kier molecular flexibility index (Phi) is 28.1. The smallest absolute Gasteiger partial charge is 0.435 e. The molecule has 0 saturated carbocycles. The van der Waals surface area contributed by atoms with Gasteiger partial charge in [0.2, 0.25) is 11.9 Å². The Morgan fingerprint density at radius 2 is 0.673 bits per heavy atom. The lowest BCUT2D eigenvalue weighted by Gasteiger charge is -2.11. The number of nitrogen functional groups attached to an aromatic ring is 4. The number of alkyl halides is 20. The van der Waals surface area contributed by atoms with Gasteiger partial charge in [-0.3, -0.25) is 27.3 Å². The molecular weight excluding hydrogens is 1980 g/mol. The number of benzene rings is 7. The molecule has 7 aromatic carbocycles. The molecule has 147 heavy (non-hydrogen) atoms. The molecule has 31 nitrogen and oxygen atoms in total. The van der Waals surface area contributed by atoms with Crippen LogP contribution in [0.4, 0.5) is 177 Å². The Hall–Kier alpha value is -18.7. The van der Waals surface area contributed by atoms with E-state index in [0.29, 0.717) is 46.3 Å². The first-order valence-corrected chi connectivity index (χ1v) is 42.2. The van der Waals surface area contributed by atoms with E-state index in [9.17, 15) is 96.6 Å². The maximum absolute atomic E-state index is 13.7. The van der Waals surface area contributed by atoms with Crippen molar-refractivity contribution in [2.75, 3.05) is 49.5 Å². The van der Waals surface area contributed by atoms with Crippen LogP contribution in [0.25, 0.3) is 85.5 Å². The van der Waals surface area contributed by atoms with Crippen LogP contribution < -0.4 is 54.3 Å². The minimum Gasteiger partial charge on any atom is -0.435 e. The molecule has 0 amide bonds. The Morgan fingerprint density at radius 1 is 0.313 bits per heavy atom. The number of ether oxygens (including phenoxy) is 1. The maximum atomic E-state index is 13.7. The Labute approximate surface area is 810 Å². The summed E-state index contributed by atoms with van der Waals surface area (Å²) in [6.07, 6.45) is -19.3. The molecule has 0 aliphatic heterocycles. The Morgan fingerprint density at radius 3 is 1.11 bits per heavy atom. The van der Waals surface area contributed by atoms with Crippen molar-refractivity contribution in [1.82, 2.24) is 102 Å². The number of nitrogens with zero attached hydrogens (tertiary/aromatic N) is 21. The zero-order valence-corrected chi connectivity index (χ0v) is 74.8. The lowest BCUT2D eigenvalue weighted by Crippen LogP contribution is -2.10. The second kappa shape index (κ2) is 40.7. The number of fused-ring (bicyclic) bond motifs is 5. The van der Waals surface area contributed by atoms with Gasteiger partial charge in [-0.05, 0) is 172 Å². The summed E-state index contributed by atoms with van der Waals surface area (Å²) in [6, 6.07) is 51.6. The third kappa shape index (κ3) is 23.9. The largest absolute Gasteiger partial charge is 0.435 e. The number of rotatable bonds is 17. The molecule has 0 saturated heterocycles. The zero-order chi connectivity index (χ0) is 105. The summed E-state index contributed by atoms with van der Waals surface area (Å²) in [4.78, 5) is 64.9. The quantitative estimate of drug-likeness (QED) is 0.0382. The molecule has 0 fully saturated rings. The summed E-state index contributed by atoms with van der Waals surface area (Å²) in [5.74, 6) is -0.372. The molecule has 0 atom stereocenters. The molecule has 0 spiro atoms. The standard InChI is InChI=1S/C19H12F6N6.C19H13F5N6O.C19H13F5N6.C19H15F3N6.C18H13F3N6/c20-18(21,22)10-4-6-11(7-5-10)27-13-9-12(26)28-17(29-13)15-16(19(23,24)25)30-14-3-1-2-8-31(14)15;20-18(21)31-11-6-4-10(5-7-11)26-13-9-12(25)27-17(28-13)15-16(19(22,23)24)29-14-3-1-2-8-30(14)15;1-9-26-14-6-12(20)13(21)7-15(14)30(9)18-28-16(25)8-17(29-18)27-11-4-2-10(3-5-11)19(22,23)24;1-11-24-14-4-2-3-5-15(14)28(11)18-26-16(23)10-17(27-18)25-13-8-6-12(7-9-13)19(20,21)22;1-11-2-4-12(5-3-11)24-13-6-7-23-17(25-13)15-16(18(19,20)21)26-14-10-22-8-9-27(14)15/h1-9H,(H3,26,27,28,29);1-9,18H,(H3,25,26,27,28);2-8H,1H3,(H3,25,27,28,29);2-10H,1H3,(H3,23,25,26,27);2-10H,1H3,(H,23,24,25). The summed E-state index contributed by atoms with van der Waals surface area (Å²) >= 11 is 0. The number of para-hydroxylation sites is 2. The first-order valence-electron chi connectivity index (χ1n) is 42.2. The number of anilines is 14. The van der Waals surface area contributed by atoms with Crippen LogP contribution in [0.3, 0.4) is 0 Å². The fourth-order valence-corrected chi connectivity index (χ4v) is 14.3. The van der Waals surface area contributed by atoms with Crippen LogP contribution in [0.2, 0.25) is 0 Å². The summed E-state index contributed by atoms with van der Waals surface area (Å²) < 4.78 is 299. The average Bonchev–Trinajstić information content (AvgIpc) is 1.62. The lowest BCUT2D eigenvalue weighted by atomic mass is 10.2. The van der Waals surface area contributed by atoms with Crippen molar-refractivity contribution in [3.8, 4) is 52.2 Å². The van der Waals surface area contributed by atoms with Crippen molar-refractivity contribution in [3.05, 3.63) is 324 Å². The summed E-state index contributed by atoms with van der Waals surface area (Å²) in [5.41, 5.74) is 22.1. The van der Waals surface area contributed by atoms with Gasteiger partial charge in [0.25, 0.3) is 0 Å². The number of nitrogens with one attached hydrogen (secondary N) is 5. The molecule has 20 rings (SSSR count). The van der Waals surface area contributed by atoms with E-state index in [-0.39, 0.29) is 115 Å². The van der Waals surface area contributed by atoms with Crippen LogP contribution in [0.15, 0.2) is 262 Å². The highest BCUT2D eigenvalue weighted by Crippen LogP contribution is 2.43. The van der Waals surface area contributed by atoms with Crippen LogP contribution in [-0.4, -0.2) is 109 Å². The Balaban J connectivity index is 0.000000131. The van der Waals surface area contributed by atoms with E-state index in [1.54, 1.807) is 29.7 Å². The van der Waals surface area contributed by atoms with Crippen molar-refractivity contribution in [3.63, 3.8) is 0 Å². The second-order valence-electron chi connectivity index (χ2n) is 31.2. The molecule has 0 unspecified atom stereocenters. The summed E-state index contributed by atoms with van der Waals surface area (Å²) in [7, 11) is 0. The molecule has 13 N–H and O–H groups in total. The molecule has 13 heterocycles. The fourth-order valence-electron chi connectivity index (χ4n) is 14.3. The number of aromatic nitrogens is 21.